The summed E-state index contributed by atoms with van der Waals surface area (Å²) in [5.41, 5.74) is -0.496. The molecule has 0 unspecified atom stereocenters. The fraction of sp³-hybridized carbons (Fsp3) is 0.857. The number of ether oxygens (including phenoxy) is 7. The van der Waals surface area contributed by atoms with Gasteiger partial charge in [-0.1, -0.05) is 6.08 Å². The second-order valence-corrected chi connectivity index (χ2v) is 7.33. The predicted molar refractivity (Wildman–Crippen MR) is 114 cm³/mol. The van der Waals surface area contributed by atoms with Gasteiger partial charge in [-0.05, 0) is 20.8 Å². The van der Waals surface area contributed by atoms with Gasteiger partial charge in [-0.15, -0.1) is 6.58 Å². The van der Waals surface area contributed by atoms with Crippen LogP contribution in [-0.2, 0) is 33.2 Å². The van der Waals surface area contributed by atoms with E-state index >= 15 is 0 Å². The molecule has 30 heavy (non-hydrogen) atoms. The Bertz CT molecular complexity index is 414. The van der Waals surface area contributed by atoms with E-state index in [0.717, 1.165) is 0 Å². The van der Waals surface area contributed by atoms with Gasteiger partial charge in [-0.2, -0.15) is 0 Å². The Morgan fingerprint density at radius 3 is 1.47 bits per heavy atom. The van der Waals surface area contributed by atoms with Gasteiger partial charge in [0.15, 0.2) is 0 Å². The van der Waals surface area contributed by atoms with Crippen molar-refractivity contribution in [3.05, 3.63) is 12.7 Å². The smallest absolute Gasteiger partial charge is 0.410 e. The summed E-state index contributed by atoms with van der Waals surface area (Å²) in [5.74, 6) is 0. The van der Waals surface area contributed by atoms with Gasteiger partial charge in [-0.25, -0.2) is 4.79 Å². The Labute approximate surface area is 181 Å². The van der Waals surface area contributed by atoms with Crippen LogP contribution >= 0.6 is 0 Å². The third-order valence-corrected chi connectivity index (χ3v) is 3.37. The van der Waals surface area contributed by atoms with Gasteiger partial charge in [0.1, 0.15) is 5.60 Å². The zero-order chi connectivity index (χ0) is 22.5. The Hall–Kier alpha value is -1.23. The third-order valence-electron chi connectivity index (χ3n) is 3.37. The number of nitrogens with zero attached hydrogens (tertiary/aromatic N) is 1. The van der Waals surface area contributed by atoms with Crippen LogP contribution in [-0.4, -0.2) is 109 Å². The molecule has 0 saturated heterocycles. The largest absolute Gasteiger partial charge is 0.444 e. The van der Waals surface area contributed by atoms with Crippen LogP contribution in [0.2, 0.25) is 0 Å². The maximum atomic E-state index is 11.8. The molecular formula is C21H41NO8. The highest BCUT2D eigenvalue weighted by Crippen LogP contribution is 2.08. The van der Waals surface area contributed by atoms with Gasteiger partial charge < -0.3 is 38.1 Å². The topological polar surface area (TPSA) is 84.9 Å². The van der Waals surface area contributed by atoms with E-state index in [9.17, 15) is 4.79 Å². The monoisotopic (exact) mass is 435 g/mol. The molecule has 9 nitrogen and oxygen atoms in total. The van der Waals surface area contributed by atoms with Crippen molar-refractivity contribution in [2.45, 2.75) is 26.4 Å². The molecule has 0 aromatic heterocycles. The lowest BCUT2D eigenvalue weighted by molar-refractivity contribution is -0.0169. The van der Waals surface area contributed by atoms with Crippen molar-refractivity contribution in [2.24, 2.45) is 0 Å². The highest BCUT2D eigenvalue weighted by atomic mass is 16.6. The van der Waals surface area contributed by atoms with Crippen LogP contribution in [0.25, 0.3) is 0 Å². The molecule has 0 spiro atoms. The molecule has 9 heteroatoms. The van der Waals surface area contributed by atoms with Crippen LogP contribution in [0.5, 0.6) is 0 Å². The second kappa shape index (κ2) is 19.7. The van der Waals surface area contributed by atoms with E-state index in [1.807, 2.05) is 20.8 Å². The lowest BCUT2D eigenvalue weighted by Gasteiger charge is -2.24. The molecule has 0 fully saturated rings. The Kier molecular flexibility index (Phi) is 18.9. The summed E-state index contributed by atoms with van der Waals surface area (Å²) in [7, 11) is 1.68. The van der Waals surface area contributed by atoms with Gasteiger partial charge in [0.2, 0.25) is 0 Å². The standard InChI is InChI=1S/C21H41NO8/c1-6-8-24-10-12-26-14-16-28-18-19-29-17-15-27-13-11-25-9-7-22(5)20(23)30-21(2,3)4/h6H,1,7-19H2,2-5H3. The van der Waals surface area contributed by atoms with Gasteiger partial charge in [0, 0.05) is 13.6 Å². The molecule has 0 rings (SSSR count). The van der Waals surface area contributed by atoms with Crippen molar-refractivity contribution in [3.63, 3.8) is 0 Å². The quantitative estimate of drug-likeness (QED) is 0.212. The van der Waals surface area contributed by atoms with Gasteiger partial charge in [-0.3, -0.25) is 0 Å². The molecule has 0 heterocycles. The molecule has 0 radical (unpaired) electrons. The highest BCUT2D eigenvalue weighted by molar-refractivity contribution is 5.67. The molecular weight excluding hydrogens is 394 g/mol. The Balaban J connectivity index is 3.23. The van der Waals surface area contributed by atoms with Crippen molar-refractivity contribution < 1.29 is 38.0 Å². The number of rotatable bonds is 20. The van der Waals surface area contributed by atoms with E-state index in [0.29, 0.717) is 85.8 Å². The summed E-state index contributed by atoms with van der Waals surface area (Å²) in [5, 5.41) is 0. The van der Waals surface area contributed by atoms with Crippen LogP contribution in [0.15, 0.2) is 12.7 Å². The second-order valence-electron chi connectivity index (χ2n) is 7.33. The van der Waals surface area contributed by atoms with Gasteiger partial charge in [0.25, 0.3) is 0 Å². The summed E-state index contributed by atoms with van der Waals surface area (Å²) in [6.45, 7) is 15.7. The highest BCUT2D eigenvalue weighted by Gasteiger charge is 2.19. The summed E-state index contributed by atoms with van der Waals surface area (Å²) >= 11 is 0. The number of hydrogen-bond donors (Lipinski definition) is 0. The number of likely N-dealkylation sites (N-methyl/N-ethyl adjacent to an activating group) is 1. The van der Waals surface area contributed by atoms with E-state index in [2.05, 4.69) is 6.58 Å². The molecule has 1 amide bonds. The number of carbonyl (C=O) groups is 1. The molecule has 0 aliphatic rings. The number of hydrogen-bond acceptors (Lipinski definition) is 8. The van der Waals surface area contributed by atoms with E-state index in [4.69, 9.17) is 33.2 Å². The van der Waals surface area contributed by atoms with Crippen molar-refractivity contribution in [2.75, 3.05) is 92.9 Å². The minimum atomic E-state index is -0.496. The third kappa shape index (κ3) is 21.5. The van der Waals surface area contributed by atoms with Gasteiger partial charge >= 0.3 is 6.09 Å². The molecule has 178 valence electrons. The van der Waals surface area contributed by atoms with Crippen LogP contribution in [0.1, 0.15) is 20.8 Å². The van der Waals surface area contributed by atoms with E-state index in [1.165, 1.54) is 4.90 Å². The van der Waals surface area contributed by atoms with Crippen molar-refractivity contribution in [3.8, 4) is 0 Å². The molecule has 0 aromatic carbocycles. The fourth-order valence-corrected chi connectivity index (χ4v) is 1.90. The average Bonchev–Trinajstić information content (AvgIpc) is 2.68. The lowest BCUT2D eigenvalue weighted by atomic mass is 10.2. The SMILES string of the molecule is C=CCOCCOCCOCCOCCOCCOCCN(C)C(=O)OC(C)(C)C. The fourth-order valence-electron chi connectivity index (χ4n) is 1.90. The van der Waals surface area contributed by atoms with E-state index < -0.39 is 5.60 Å². The maximum absolute atomic E-state index is 11.8. The lowest BCUT2D eigenvalue weighted by Crippen LogP contribution is -2.36. The minimum absolute atomic E-state index is 0.357. The predicted octanol–water partition coefficient (Wildman–Crippen LogP) is 2.14. The van der Waals surface area contributed by atoms with Crippen LogP contribution in [0.4, 0.5) is 4.79 Å². The maximum Gasteiger partial charge on any atom is 0.410 e. The van der Waals surface area contributed by atoms with E-state index in [-0.39, 0.29) is 6.09 Å². The van der Waals surface area contributed by atoms with Gasteiger partial charge in [0.05, 0.1) is 79.3 Å². The molecule has 0 atom stereocenters. The molecule has 0 aliphatic heterocycles. The summed E-state index contributed by atoms with van der Waals surface area (Å²) in [4.78, 5) is 13.3. The Morgan fingerprint density at radius 2 is 1.10 bits per heavy atom. The minimum Gasteiger partial charge on any atom is -0.444 e. The molecule has 0 aliphatic carbocycles. The van der Waals surface area contributed by atoms with Crippen LogP contribution in [0.3, 0.4) is 0 Å². The molecule has 0 saturated carbocycles. The van der Waals surface area contributed by atoms with Crippen molar-refractivity contribution in [1.82, 2.24) is 4.90 Å². The molecule has 0 bridgehead atoms. The Morgan fingerprint density at radius 1 is 0.733 bits per heavy atom. The zero-order valence-corrected chi connectivity index (χ0v) is 19.2. The van der Waals surface area contributed by atoms with Crippen LogP contribution < -0.4 is 0 Å². The molecule has 0 aromatic rings. The number of amides is 1. The first-order valence-electron chi connectivity index (χ1n) is 10.4. The first-order valence-corrected chi connectivity index (χ1v) is 10.4. The summed E-state index contributed by atoms with van der Waals surface area (Å²) in [6.07, 6.45) is 1.35. The van der Waals surface area contributed by atoms with Crippen molar-refractivity contribution in [1.29, 1.82) is 0 Å². The first-order chi connectivity index (χ1) is 14.4. The summed E-state index contributed by atoms with van der Waals surface area (Å²) in [6, 6.07) is 0. The average molecular weight is 436 g/mol. The van der Waals surface area contributed by atoms with E-state index in [1.54, 1.807) is 13.1 Å². The van der Waals surface area contributed by atoms with Crippen LogP contribution in [0, 0.1) is 0 Å². The normalized spacial score (nSPS) is 11.5. The first kappa shape index (κ1) is 28.8. The zero-order valence-electron chi connectivity index (χ0n) is 19.2. The number of carbonyl (C=O) groups excluding carboxylic acids is 1. The van der Waals surface area contributed by atoms with Crippen molar-refractivity contribution >= 4 is 6.09 Å². The molecule has 0 N–H and O–H groups in total. The summed E-state index contributed by atoms with van der Waals surface area (Å²) < 4.78 is 37.5.